The Morgan fingerprint density at radius 3 is 2.65 bits per heavy atom. The summed E-state index contributed by atoms with van der Waals surface area (Å²) in [5, 5.41) is 5.90. The highest BCUT2D eigenvalue weighted by molar-refractivity contribution is 5.88. The number of hydrogen-bond donors (Lipinski definition) is 2. The molecule has 0 aliphatic carbocycles. The number of piperidine rings is 1. The smallest absolute Gasteiger partial charge is 0.246 e. The van der Waals surface area contributed by atoms with Gasteiger partial charge in [0.25, 0.3) is 0 Å². The molecular formula is C20H31N3O3. The maximum atomic E-state index is 12.7. The minimum absolute atomic E-state index is 0.0137. The van der Waals surface area contributed by atoms with E-state index in [9.17, 15) is 9.59 Å². The van der Waals surface area contributed by atoms with E-state index in [1.165, 1.54) is 12.7 Å². The Kier molecular flexibility index (Phi) is 8.06. The molecule has 1 aliphatic heterocycles. The number of carbonyl (C=O) groups is 2. The zero-order valence-electron chi connectivity index (χ0n) is 16.0. The normalized spacial score (nSPS) is 19.2. The minimum atomic E-state index is -0.540. The van der Waals surface area contributed by atoms with Gasteiger partial charge in [0.2, 0.25) is 11.8 Å². The average Bonchev–Trinajstić information content (AvgIpc) is 2.61. The number of likely N-dealkylation sites (tertiary alicyclic amines) is 1. The first-order chi connectivity index (χ1) is 12.5. The third-order valence-corrected chi connectivity index (χ3v) is 4.64. The lowest BCUT2D eigenvalue weighted by Gasteiger charge is -2.34. The monoisotopic (exact) mass is 361 g/mol. The van der Waals surface area contributed by atoms with Crippen LogP contribution >= 0.6 is 0 Å². The van der Waals surface area contributed by atoms with Crippen molar-refractivity contribution in [2.75, 3.05) is 26.8 Å². The first-order valence-corrected chi connectivity index (χ1v) is 9.34. The van der Waals surface area contributed by atoms with Crippen molar-refractivity contribution in [1.29, 1.82) is 0 Å². The molecule has 1 saturated heterocycles. The zero-order valence-corrected chi connectivity index (χ0v) is 16.0. The molecule has 0 radical (unpaired) electrons. The molecule has 0 aromatic heterocycles. The van der Waals surface area contributed by atoms with E-state index in [4.69, 9.17) is 4.74 Å². The van der Waals surface area contributed by atoms with Crippen molar-refractivity contribution in [3.8, 4) is 0 Å². The summed E-state index contributed by atoms with van der Waals surface area (Å²) in [5.74, 6) is -0.369. The maximum absolute atomic E-state index is 12.7. The van der Waals surface area contributed by atoms with Gasteiger partial charge in [-0.25, -0.2) is 0 Å². The fourth-order valence-corrected chi connectivity index (χ4v) is 3.33. The molecule has 1 heterocycles. The third-order valence-electron chi connectivity index (χ3n) is 4.64. The topological polar surface area (TPSA) is 70.7 Å². The van der Waals surface area contributed by atoms with E-state index in [2.05, 4.69) is 39.8 Å². The van der Waals surface area contributed by atoms with Crippen LogP contribution in [0.15, 0.2) is 30.3 Å². The van der Waals surface area contributed by atoms with Crippen LogP contribution in [0.25, 0.3) is 0 Å². The van der Waals surface area contributed by atoms with E-state index in [0.717, 1.165) is 32.5 Å². The van der Waals surface area contributed by atoms with Gasteiger partial charge in [0.15, 0.2) is 0 Å². The Labute approximate surface area is 156 Å². The highest BCUT2D eigenvalue weighted by Crippen LogP contribution is 2.14. The largest absolute Gasteiger partial charge is 0.375 e. The van der Waals surface area contributed by atoms with Gasteiger partial charge in [0, 0.05) is 26.2 Å². The molecular weight excluding hydrogens is 330 g/mol. The fourth-order valence-electron chi connectivity index (χ4n) is 3.33. The molecule has 2 N–H and O–H groups in total. The van der Waals surface area contributed by atoms with Gasteiger partial charge in [0.1, 0.15) is 12.6 Å². The second-order valence-corrected chi connectivity index (χ2v) is 7.29. The van der Waals surface area contributed by atoms with E-state index < -0.39 is 6.04 Å². The van der Waals surface area contributed by atoms with Crippen LogP contribution in [-0.4, -0.2) is 55.6 Å². The van der Waals surface area contributed by atoms with E-state index in [1.54, 1.807) is 0 Å². The van der Waals surface area contributed by atoms with Crippen LogP contribution in [0.2, 0.25) is 0 Å². The number of carbonyl (C=O) groups excluding carboxylic acids is 2. The van der Waals surface area contributed by atoms with Gasteiger partial charge in [-0.15, -0.1) is 0 Å². The number of hydrogen-bond acceptors (Lipinski definition) is 4. The second-order valence-electron chi connectivity index (χ2n) is 7.29. The van der Waals surface area contributed by atoms with Gasteiger partial charge >= 0.3 is 0 Å². The quantitative estimate of drug-likeness (QED) is 0.737. The summed E-state index contributed by atoms with van der Waals surface area (Å²) in [6.07, 6.45) is 2.02. The summed E-state index contributed by atoms with van der Waals surface area (Å²) < 4.78 is 4.83. The molecule has 144 valence electrons. The summed E-state index contributed by atoms with van der Waals surface area (Å²) in [6.45, 7) is 6.59. The molecule has 1 unspecified atom stereocenters. The second kappa shape index (κ2) is 10.3. The number of amides is 2. The van der Waals surface area contributed by atoms with Gasteiger partial charge < -0.3 is 15.4 Å². The van der Waals surface area contributed by atoms with Crippen LogP contribution in [0.4, 0.5) is 0 Å². The van der Waals surface area contributed by atoms with Crippen LogP contribution in [0.3, 0.4) is 0 Å². The molecule has 2 rings (SSSR count). The first-order valence-electron chi connectivity index (χ1n) is 9.34. The number of nitrogens with one attached hydrogen (secondary N) is 2. The van der Waals surface area contributed by atoms with Crippen LogP contribution in [0, 0.1) is 5.92 Å². The highest BCUT2D eigenvalue weighted by Gasteiger charge is 2.28. The van der Waals surface area contributed by atoms with Crippen molar-refractivity contribution in [2.45, 2.75) is 45.3 Å². The molecule has 0 saturated carbocycles. The maximum Gasteiger partial charge on any atom is 0.246 e. The number of benzene rings is 1. The third kappa shape index (κ3) is 6.42. The van der Waals surface area contributed by atoms with E-state index in [-0.39, 0.29) is 30.4 Å². The summed E-state index contributed by atoms with van der Waals surface area (Å²) in [5.41, 5.74) is 1.28. The Morgan fingerprint density at radius 1 is 1.27 bits per heavy atom. The van der Waals surface area contributed by atoms with Crippen LogP contribution in [-0.2, 0) is 20.9 Å². The van der Waals surface area contributed by atoms with Crippen molar-refractivity contribution in [1.82, 2.24) is 15.5 Å². The van der Waals surface area contributed by atoms with E-state index >= 15 is 0 Å². The van der Waals surface area contributed by atoms with Crippen molar-refractivity contribution in [3.05, 3.63) is 35.9 Å². The number of nitrogens with zero attached hydrogens (tertiary/aromatic N) is 1. The molecule has 0 spiro atoms. The molecule has 6 nitrogen and oxygen atoms in total. The average molecular weight is 361 g/mol. The lowest BCUT2D eigenvalue weighted by Crippen LogP contribution is -2.55. The van der Waals surface area contributed by atoms with Crippen molar-refractivity contribution in [2.24, 2.45) is 5.92 Å². The number of ether oxygens (including phenoxy) is 1. The van der Waals surface area contributed by atoms with Gasteiger partial charge in [-0.2, -0.15) is 0 Å². The molecule has 1 aliphatic rings. The van der Waals surface area contributed by atoms with Crippen molar-refractivity contribution < 1.29 is 14.3 Å². The van der Waals surface area contributed by atoms with Gasteiger partial charge in [-0.1, -0.05) is 44.2 Å². The molecule has 6 heteroatoms. The minimum Gasteiger partial charge on any atom is -0.375 e. The van der Waals surface area contributed by atoms with E-state index in [0.29, 0.717) is 0 Å². The van der Waals surface area contributed by atoms with Crippen LogP contribution < -0.4 is 10.6 Å². The first kappa shape index (κ1) is 20.4. The van der Waals surface area contributed by atoms with Crippen LogP contribution in [0.1, 0.15) is 32.3 Å². The molecule has 1 aromatic rings. The Hall–Kier alpha value is -1.92. The summed E-state index contributed by atoms with van der Waals surface area (Å²) in [7, 11) is 1.47. The molecule has 0 bridgehead atoms. The van der Waals surface area contributed by atoms with Crippen LogP contribution in [0.5, 0.6) is 0 Å². The predicted molar refractivity (Wildman–Crippen MR) is 102 cm³/mol. The van der Waals surface area contributed by atoms with Gasteiger partial charge in [-0.3, -0.25) is 14.5 Å². The fraction of sp³-hybridized carbons (Fsp3) is 0.600. The molecule has 2 amide bonds. The van der Waals surface area contributed by atoms with Gasteiger partial charge in [-0.05, 0) is 30.9 Å². The molecule has 26 heavy (non-hydrogen) atoms. The van der Waals surface area contributed by atoms with Crippen molar-refractivity contribution in [3.63, 3.8) is 0 Å². The Morgan fingerprint density at radius 2 is 2.00 bits per heavy atom. The van der Waals surface area contributed by atoms with Gasteiger partial charge in [0.05, 0.1) is 0 Å². The SMILES string of the molecule is COCC(=O)N[C@H](C(=O)NC1CCCN(Cc2ccccc2)C1)C(C)C. The zero-order chi connectivity index (χ0) is 18.9. The molecule has 1 aromatic carbocycles. The highest BCUT2D eigenvalue weighted by atomic mass is 16.5. The van der Waals surface area contributed by atoms with Crippen molar-refractivity contribution >= 4 is 11.8 Å². The summed E-state index contributed by atoms with van der Waals surface area (Å²) >= 11 is 0. The standard InChI is InChI=1S/C20H31N3O3/c1-15(2)19(22-18(24)14-26-3)20(25)21-17-10-7-11-23(13-17)12-16-8-5-4-6-9-16/h4-6,8-9,15,17,19H,7,10-14H2,1-3H3,(H,21,25)(H,22,24)/t17?,19-/m0/s1. The summed E-state index contributed by atoms with van der Waals surface area (Å²) in [4.78, 5) is 26.8. The lowest BCUT2D eigenvalue weighted by molar-refractivity contribution is -0.132. The number of rotatable bonds is 8. The number of methoxy groups -OCH3 is 1. The molecule has 1 fully saturated rings. The molecule has 2 atom stereocenters. The Balaban J connectivity index is 1.88. The van der Waals surface area contributed by atoms with E-state index in [1.807, 2.05) is 19.9 Å². The Bertz CT molecular complexity index is 577. The lowest BCUT2D eigenvalue weighted by atomic mass is 10.0. The summed E-state index contributed by atoms with van der Waals surface area (Å²) in [6, 6.07) is 9.95. The predicted octanol–water partition coefficient (Wildman–Crippen LogP) is 1.55.